The lowest BCUT2D eigenvalue weighted by atomic mass is 9.97. The standard InChI is InChI=1S/C52H35NS/c1-4-14-36(15-5-1)38-26-30-43(31-27-38)53(44-32-28-41(29-33-44)46-23-12-21-39-20-10-11-22-45(39)46)50-35-42(37-16-6-2-7-17-37)34-49-48-25-13-24-47(51(48)54-52(49)50)40-18-8-3-9-19-40/h1-35H/i1D,4D,5D,14D,15D. The van der Waals surface area contributed by atoms with E-state index in [2.05, 4.69) is 150 Å². The van der Waals surface area contributed by atoms with Gasteiger partial charge in [0.15, 0.2) is 0 Å². The van der Waals surface area contributed by atoms with Gasteiger partial charge in [0.1, 0.15) is 0 Å². The molecule has 1 heterocycles. The summed E-state index contributed by atoms with van der Waals surface area (Å²) in [7, 11) is 0. The molecule has 0 spiro atoms. The van der Waals surface area contributed by atoms with Crippen LogP contribution in [0.15, 0.2) is 212 Å². The van der Waals surface area contributed by atoms with Crippen LogP contribution in [0, 0.1) is 0 Å². The SMILES string of the molecule is [2H]c1c([2H])c([2H])c(-c2ccc(N(c3ccc(-c4cccc5ccccc45)cc3)c3cc(-c4ccccc4)cc4c3sc3c(-c5ccccc5)cccc34)cc2)c([2H])c1[2H]. The number of hydrogen-bond donors (Lipinski definition) is 0. The first-order valence-corrected chi connectivity index (χ1v) is 18.8. The largest absolute Gasteiger partial charge is 0.309 e. The highest BCUT2D eigenvalue weighted by Crippen LogP contribution is 2.49. The lowest BCUT2D eigenvalue weighted by Gasteiger charge is -2.27. The number of hydrogen-bond acceptors (Lipinski definition) is 2. The van der Waals surface area contributed by atoms with Crippen LogP contribution in [0.2, 0.25) is 0 Å². The first kappa shape index (κ1) is 26.9. The Morgan fingerprint density at radius 1 is 0.370 bits per heavy atom. The highest BCUT2D eigenvalue weighted by Gasteiger charge is 2.21. The van der Waals surface area contributed by atoms with Crippen molar-refractivity contribution < 1.29 is 6.85 Å². The fourth-order valence-corrected chi connectivity index (χ4v) is 8.88. The van der Waals surface area contributed by atoms with E-state index in [4.69, 9.17) is 6.85 Å². The average Bonchev–Trinajstić information content (AvgIpc) is 3.68. The highest BCUT2D eigenvalue weighted by atomic mass is 32.1. The smallest absolute Gasteiger partial charge is 0.0646 e. The van der Waals surface area contributed by atoms with Crippen LogP contribution >= 0.6 is 11.3 Å². The summed E-state index contributed by atoms with van der Waals surface area (Å²) in [6, 6.07) is 61.9. The van der Waals surface area contributed by atoms with Crippen molar-refractivity contribution in [2.24, 2.45) is 0 Å². The van der Waals surface area contributed by atoms with Gasteiger partial charge in [0.2, 0.25) is 0 Å². The first-order chi connectivity index (χ1) is 28.9. The molecular formula is C52H35NS. The minimum absolute atomic E-state index is 0.181. The molecule has 1 aromatic heterocycles. The summed E-state index contributed by atoms with van der Waals surface area (Å²) in [5, 5.41) is 4.73. The fraction of sp³-hybridized carbons (Fsp3) is 0. The van der Waals surface area contributed by atoms with E-state index in [1.165, 1.54) is 32.0 Å². The summed E-state index contributed by atoms with van der Waals surface area (Å²) in [6.45, 7) is 0. The molecule has 0 aliphatic carbocycles. The summed E-state index contributed by atoms with van der Waals surface area (Å²) in [5.74, 6) is 0. The first-order valence-electron chi connectivity index (χ1n) is 20.5. The number of anilines is 3. The van der Waals surface area contributed by atoms with Gasteiger partial charge >= 0.3 is 0 Å². The molecule has 0 aliphatic heterocycles. The third-order valence-corrected chi connectivity index (χ3v) is 11.4. The van der Waals surface area contributed by atoms with Gasteiger partial charge in [0.25, 0.3) is 0 Å². The predicted octanol–water partition coefficient (Wildman–Crippen LogP) is 15.3. The van der Waals surface area contributed by atoms with Gasteiger partial charge in [-0.1, -0.05) is 176 Å². The monoisotopic (exact) mass is 710 g/mol. The quantitative estimate of drug-likeness (QED) is 0.159. The molecule has 0 N–H and O–H groups in total. The highest BCUT2D eigenvalue weighted by molar-refractivity contribution is 7.27. The zero-order valence-corrected chi connectivity index (χ0v) is 30.0. The Labute approximate surface area is 326 Å². The lowest BCUT2D eigenvalue weighted by molar-refractivity contribution is 1.30. The van der Waals surface area contributed by atoms with Gasteiger partial charge in [-0.15, -0.1) is 11.3 Å². The van der Waals surface area contributed by atoms with Crippen LogP contribution in [-0.4, -0.2) is 0 Å². The van der Waals surface area contributed by atoms with Crippen molar-refractivity contribution in [2.75, 3.05) is 4.90 Å². The van der Waals surface area contributed by atoms with Crippen molar-refractivity contribution in [3.8, 4) is 44.5 Å². The van der Waals surface area contributed by atoms with Gasteiger partial charge in [0, 0.05) is 26.8 Å². The maximum absolute atomic E-state index is 8.67. The number of benzene rings is 9. The van der Waals surface area contributed by atoms with Crippen LogP contribution < -0.4 is 4.90 Å². The lowest BCUT2D eigenvalue weighted by Crippen LogP contribution is -2.10. The molecule has 0 fully saturated rings. The van der Waals surface area contributed by atoms with Gasteiger partial charge in [-0.2, -0.15) is 0 Å². The normalized spacial score (nSPS) is 12.6. The zero-order valence-electron chi connectivity index (χ0n) is 34.2. The molecule has 254 valence electrons. The Bertz CT molecular complexity index is 3160. The molecule has 2 heteroatoms. The van der Waals surface area contributed by atoms with Crippen molar-refractivity contribution >= 4 is 59.3 Å². The molecule has 9 aromatic carbocycles. The van der Waals surface area contributed by atoms with Crippen LogP contribution in [0.1, 0.15) is 6.85 Å². The van der Waals surface area contributed by atoms with Crippen LogP contribution in [0.25, 0.3) is 75.5 Å². The zero-order chi connectivity index (χ0) is 40.2. The molecule has 0 bridgehead atoms. The molecule has 0 amide bonds. The van der Waals surface area contributed by atoms with E-state index in [0.29, 0.717) is 5.56 Å². The molecule has 54 heavy (non-hydrogen) atoms. The molecule has 10 rings (SSSR count). The second kappa shape index (κ2) is 13.7. The third kappa shape index (κ3) is 5.74. The molecule has 0 saturated carbocycles. The van der Waals surface area contributed by atoms with Gasteiger partial charge in [0.05, 0.1) is 17.2 Å². The maximum Gasteiger partial charge on any atom is 0.0646 e. The summed E-state index contributed by atoms with van der Waals surface area (Å²) < 4.78 is 44.4. The Hall–Kier alpha value is -6.74. The Balaban J connectivity index is 1.22. The van der Waals surface area contributed by atoms with Crippen molar-refractivity contribution in [3.05, 3.63) is 212 Å². The van der Waals surface area contributed by atoms with Crippen molar-refractivity contribution in [3.63, 3.8) is 0 Å². The minimum Gasteiger partial charge on any atom is -0.309 e. The molecule has 0 radical (unpaired) electrons. The second-order valence-corrected chi connectivity index (χ2v) is 14.4. The van der Waals surface area contributed by atoms with E-state index in [0.717, 1.165) is 49.4 Å². The summed E-state index contributed by atoms with van der Waals surface area (Å²) in [5.41, 5.74) is 10.4. The molecular weight excluding hydrogens is 671 g/mol. The Morgan fingerprint density at radius 2 is 0.926 bits per heavy atom. The van der Waals surface area contributed by atoms with Crippen molar-refractivity contribution in [1.29, 1.82) is 0 Å². The van der Waals surface area contributed by atoms with Crippen LogP contribution in [0.5, 0.6) is 0 Å². The predicted molar refractivity (Wildman–Crippen MR) is 233 cm³/mol. The number of rotatable bonds is 7. The van der Waals surface area contributed by atoms with Gasteiger partial charge in [-0.3, -0.25) is 0 Å². The Kier molecular flexibility index (Phi) is 6.82. The van der Waals surface area contributed by atoms with E-state index in [1.54, 1.807) is 11.3 Å². The second-order valence-electron chi connectivity index (χ2n) is 13.3. The molecule has 10 aromatic rings. The number of nitrogens with zero attached hydrogens (tertiary/aromatic N) is 1. The number of thiophene rings is 1. The van der Waals surface area contributed by atoms with Gasteiger partial charge < -0.3 is 4.90 Å². The van der Waals surface area contributed by atoms with E-state index in [1.807, 2.05) is 36.4 Å². The van der Waals surface area contributed by atoms with Crippen molar-refractivity contribution in [1.82, 2.24) is 0 Å². The Morgan fingerprint density at radius 3 is 1.67 bits per heavy atom. The topological polar surface area (TPSA) is 3.24 Å². The molecule has 1 nitrogen and oxygen atoms in total. The van der Waals surface area contributed by atoms with E-state index in [-0.39, 0.29) is 29.7 Å². The molecule has 0 saturated heterocycles. The summed E-state index contributed by atoms with van der Waals surface area (Å²) >= 11 is 1.79. The molecule has 0 atom stereocenters. The van der Waals surface area contributed by atoms with Crippen molar-refractivity contribution in [2.45, 2.75) is 0 Å². The molecule has 0 unspecified atom stereocenters. The summed E-state index contributed by atoms with van der Waals surface area (Å²) in [4.78, 5) is 2.28. The average molecular weight is 711 g/mol. The van der Waals surface area contributed by atoms with E-state index < -0.39 is 6.04 Å². The van der Waals surface area contributed by atoms with E-state index in [9.17, 15) is 0 Å². The van der Waals surface area contributed by atoms with Gasteiger partial charge in [-0.25, -0.2) is 0 Å². The minimum atomic E-state index is -0.403. The number of fused-ring (bicyclic) bond motifs is 4. The third-order valence-electron chi connectivity index (χ3n) is 10.2. The van der Waals surface area contributed by atoms with Crippen LogP contribution in [0.3, 0.4) is 0 Å². The van der Waals surface area contributed by atoms with Crippen LogP contribution in [0.4, 0.5) is 17.1 Å². The van der Waals surface area contributed by atoms with Gasteiger partial charge in [-0.05, 0) is 91.7 Å². The fourth-order valence-electron chi connectivity index (χ4n) is 7.56. The summed E-state index contributed by atoms with van der Waals surface area (Å²) in [6.07, 6.45) is 0. The van der Waals surface area contributed by atoms with E-state index >= 15 is 0 Å². The maximum atomic E-state index is 8.67. The molecule has 0 aliphatic rings. The van der Waals surface area contributed by atoms with Crippen LogP contribution in [-0.2, 0) is 0 Å².